The molecule has 6 heteroatoms. The van der Waals surface area contributed by atoms with Crippen molar-refractivity contribution in [1.29, 1.82) is 5.26 Å². The van der Waals surface area contributed by atoms with Gasteiger partial charge in [-0.05, 0) is 49.6 Å². The van der Waals surface area contributed by atoms with E-state index in [0.717, 1.165) is 29.7 Å². The fourth-order valence-corrected chi connectivity index (χ4v) is 3.10. The Bertz CT molecular complexity index is 1030. The van der Waals surface area contributed by atoms with Gasteiger partial charge in [0.1, 0.15) is 24.5 Å². The number of rotatable bonds is 6. The predicted molar refractivity (Wildman–Crippen MR) is 100 cm³/mol. The number of carbonyl (C=O) groups excluding carboxylic acids is 1. The average molecular weight is 360 g/mol. The summed E-state index contributed by atoms with van der Waals surface area (Å²) < 4.78 is 7.82. The first-order valence-electron chi connectivity index (χ1n) is 8.99. The van der Waals surface area contributed by atoms with E-state index in [1.165, 1.54) is 0 Å². The number of hydrogen-bond donors (Lipinski definition) is 0. The van der Waals surface area contributed by atoms with E-state index in [9.17, 15) is 4.79 Å². The molecule has 27 heavy (non-hydrogen) atoms. The van der Waals surface area contributed by atoms with Crippen molar-refractivity contribution >= 4 is 11.6 Å². The Morgan fingerprint density at radius 2 is 2.19 bits per heavy atom. The molecule has 1 aliphatic rings. The van der Waals surface area contributed by atoms with E-state index in [2.05, 4.69) is 11.1 Å². The van der Waals surface area contributed by atoms with Gasteiger partial charge in [0.25, 0.3) is 5.91 Å². The average Bonchev–Trinajstić information content (AvgIpc) is 3.43. The molecule has 2 heterocycles. The molecule has 0 bridgehead atoms. The van der Waals surface area contributed by atoms with Crippen LogP contribution in [-0.4, -0.2) is 32.8 Å². The molecule has 0 N–H and O–H groups in total. The molecular weight excluding hydrogens is 340 g/mol. The number of aryl methyl sites for hydroxylation is 1. The van der Waals surface area contributed by atoms with Crippen molar-refractivity contribution in [3.8, 4) is 11.8 Å². The Labute approximate surface area is 157 Å². The maximum atomic E-state index is 12.7. The number of ether oxygens (including phenoxy) is 1. The van der Waals surface area contributed by atoms with Crippen LogP contribution in [0.2, 0.25) is 0 Å². The lowest BCUT2D eigenvalue weighted by molar-refractivity contribution is 0.0764. The van der Waals surface area contributed by atoms with Crippen LogP contribution in [0.15, 0.2) is 48.8 Å². The zero-order valence-corrected chi connectivity index (χ0v) is 15.1. The van der Waals surface area contributed by atoms with Gasteiger partial charge in [0.15, 0.2) is 0 Å². The highest BCUT2D eigenvalue weighted by molar-refractivity contribution is 5.95. The van der Waals surface area contributed by atoms with Crippen molar-refractivity contribution in [3.05, 3.63) is 65.6 Å². The van der Waals surface area contributed by atoms with Gasteiger partial charge in [0.2, 0.25) is 0 Å². The normalized spacial score (nSPS) is 13.3. The molecule has 0 spiro atoms. The van der Waals surface area contributed by atoms with Crippen molar-refractivity contribution in [2.45, 2.75) is 32.4 Å². The Morgan fingerprint density at radius 3 is 2.96 bits per heavy atom. The Morgan fingerprint density at radius 1 is 1.33 bits per heavy atom. The first kappa shape index (κ1) is 17.1. The van der Waals surface area contributed by atoms with Gasteiger partial charge in [-0.25, -0.2) is 4.98 Å². The second-order valence-electron chi connectivity index (χ2n) is 6.84. The summed E-state index contributed by atoms with van der Waals surface area (Å²) in [5.74, 6) is 0.495. The van der Waals surface area contributed by atoms with E-state index in [0.29, 0.717) is 17.9 Å². The van der Waals surface area contributed by atoms with E-state index in [-0.39, 0.29) is 18.5 Å². The van der Waals surface area contributed by atoms with Gasteiger partial charge in [-0.1, -0.05) is 12.1 Å². The first-order chi connectivity index (χ1) is 13.1. The van der Waals surface area contributed by atoms with E-state index in [1.54, 1.807) is 23.1 Å². The van der Waals surface area contributed by atoms with E-state index in [4.69, 9.17) is 10.00 Å². The molecule has 1 fully saturated rings. The number of benzene rings is 1. The molecular formula is C21H20N4O2. The fraction of sp³-hybridized carbons (Fsp3) is 0.286. The Balaban J connectivity index is 1.47. The zero-order chi connectivity index (χ0) is 18.8. The van der Waals surface area contributed by atoms with Crippen molar-refractivity contribution < 1.29 is 9.53 Å². The maximum absolute atomic E-state index is 12.7. The molecule has 1 amide bonds. The van der Waals surface area contributed by atoms with Crippen molar-refractivity contribution in [2.24, 2.45) is 0 Å². The summed E-state index contributed by atoms with van der Waals surface area (Å²) in [5, 5.41) is 8.97. The number of carbonyl (C=O) groups is 1. The van der Waals surface area contributed by atoms with Crippen LogP contribution in [0.5, 0.6) is 5.75 Å². The quantitative estimate of drug-likeness (QED) is 0.632. The van der Waals surface area contributed by atoms with Gasteiger partial charge < -0.3 is 14.0 Å². The highest BCUT2D eigenvalue weighted by Gasteiger charge is 2.32. The summed E-state index contributed by atoms with van der Waals surface area (Å²) >= 11 is 0. The van der Waals surface area contributed by atoms with E-state index >= 15 is 0 Å². The summed E-state index contributed by atoms with van der Waals surface area (Å²) in [7, 11) is 0. The Hall–Kier alpha value is -3.33. The topological polar surface area (TPSA) is 70.6 Å². The number of amides is 1. The largest absolute Gasteiger partial charge is 0.487 e. The van der Waals surface area contributed by atoms with Crippen LogP contribution >= 0.6 is 0 Å². The number of hydrogen-bond acceptors (Lipinski definition) is 4. The maximum Gasteiger partial charge on any atom is 0.255 e. The second-order valence-corrected chi connectivity index (χ2v) is 6.84. The smallest absolute Gasteiger partial charge is 0.255 e. The number of nitrogens with zero attached hydrogens (tertiary/aromatic N) is 4. The van der Waals surface area contributed by atoms with E-state index in [1.807, 2.05) is 41.9 Å². The van der Waals surface area contributed by atoms with Crippen LogP contribution in [0, 0.1) is 18.3 Å². The molecule has 2 aromatic heterocycles. The molecule has 6 nitrogen and oxygen atoms in total. The number of aromatic nitrogens is 2. The molecule has 3 aromatic rings. The molecule has 0 saturated heterocycles. The number of fused-ring (bicyclic) bond motifs is 1. The highest BCUT2D eigenvalue weighted by atomic mass is 16.5. The van der Waals surface area contributed by atoms with Crippen LogP contribution in [0.25, 0.3) is 5.65 Å². The molecule has 0 atom stereocenters. The summed E-state index contributed by atoms with van der Waals surface area (Å²) in [6.07, 6.45) is 5.90. The standard InChI is InChI=1S/C21H20N4O2/c1-15-5-8-20-23-17(13-24(20)12-15)14-27-19-4-2-3-16(11-19)21(26)25(10-9-22)18-6-7-18/h2-5,8,11-13,18H,6-7,10,14H2,1H3. The number of pyridine rings is 1. The molecule has 0 radical (unpaired) electrons. The lowest BCUT2D eigenvalue weighted by atomic mass is 10.2. The summed E-state index contributed by atoms with van der Waals surface area (Å²) in [6, 6.07) is 13.4. The predicted octanol–water partition coefficient (Wildman–Crippen LogP) is 3.35. The minimum Gasteiger partial charge on any atom is -0.487 e. The third kappa shape index (κ3) is 3.77. The van der Waals surface area contributed by atoms with Gasteiger partial charge in [-0.15, -0.1) is 0 Å². The molecule has 136 valence electrons. The monoisotopic (exact) mass is 360 g/mol. The highest BCUT2D eigenvalue weighted by Crippen LogP contribution is 2.28. The SMILES string of the molecule is Cc1ccc2nc(COc3cccc(C(=O)N(CC#N)C4CC4)c3)cn2c1. The lowest BCUT2D eigenvalue weighted by Gasteiger charge is -2.19. The lowest BCUT2D eigenvalue weighted by Crippen LogP contribution is -2.33. The molecule has 1 aliphatic carbocycles. The third-order valence-electron chi connectivity index (χ3n) is 4.61. The summed E-state index contributed by atoms with van der Waals surface area (Å²) in [4.78, 5) is 18.9. The van der Waals surface area contributed by atoms with Crippen LogP contribution in [0.3, 0.4) is 0 Å². The van der Waals surface area contributed by atoms with Crippen LogP contribution in [0.4, 0.5) is 0 Å². The molecule has 1 aromatic carbocycles. The van der Waals surface area contributed by atoms with Crippen LogP contribution < -0.4 is 4.74 Å². The molecule has 1 saturated carbocycles. The van der Waals surface area contributed by atoms with Gasteiger partial charge in [-0.3, -0.25) is 4.79 Å². The minimum absolute atomic E-state index is 0.118. The second kappa shape index (κ2) is 7.12. The van der Waals surface area contributed by atoms with Gasteiger partial charge in [0.05, 0.1) is 11.8 Å². The van der Waals surface area contributed by atoms with Crippen LogP contribution in [-0.2, 0) is 6.61 Å². The van der Waals surface area contributed by atoms with Crippen molar-refractivity contribution in [3.63, 3.8) is 0 Å². The Kier molecular flexibility index (Phi) is 4.51. The number of nitriles is 1. The molecule has 4 rings (SSSR count). The summed E-state index contributed by atoms with van der Waals surface area (Å²) in [5.41, 5.74) is 3.40. The van der Waals surface area contributed by atoms with Crippen LogP contribution in [0.1, 0.15) is 34.5 Å². The van der Waals surface area contributed by atoms with Crippen molar-refractivity contribution in [2.75, 3.05) is 6.54 Å². The zero-order valence-electron chi connectivity index (χ0n) is 15.1. The minimum atomic E-state index is -0.118. The third-order valence-corrected chi connectivity index (χ3v) is 4.61. The first-order valence-corrected chi connectivity index (χ1v) is 8.99. The fourth-order valence-electron chi connectivity index (χ4n) is 3.10. The summed E-state index contributed by atoms with van der Waals surface area (Å²) in [6.45, 7) is 2.48. The van der Waals surface area contributed by atoms with Crippen molar-refractivity contribution in [1.82, 2.24) is 14.3 Å². The molecule has 0 unspecified atom stereocenters. The van der Waals surface area contributed by atoms with Gasteiger partial charge >= 0.3 is 0 Å². The number of imidazole rings is 1. The van der Waals surface area contributed by atoms with E-state index < -0.39 is 0 Å². The van der Waals surface area contributed by atoms with Gasteiger partial charge in [0, 0.05) is 24.0 Å². The van der Waals surface area contributed by atoms with Gasteiger partial charge in [-0.2, -0.15) is 5.26 Å². The molecule has 0 aliphatic heterocycles.